The first-order chi connectivity index (χ1) is 9.58. The number of ether oxygens (including phenoxy) is 1. The molecule has 2 rings (SSSR count). The molecule has 1 aromatic carbocycles. The number of methoxy groups -OCH3 is 1. The minimum atomic E-state index is -0.981. The molecule has 2 aromatic rings. The Morgan fingerprint density at radius 2 is 1.95 bits per heavy atom. The molecule has 0 aliphatic rings. The van der Waals surface area contributed by atoms with Crippen LogP contribution in [-0.2, 0) is 18.0 Å². The van der Waals surface area contributed by atoms with Gasteiger partial charge in [-0.3, -0.25) is 4.68 Å². The zero-order valence-electron chi connectivity index (χ0n) is 11.3. The van der Waals surface area contributed by atoms with E-state index in [-0.39, 0.29) is 22.4 Å². The number of hydrogen-bond donors (Lipinski definition) is 0. The zero-order chi connectivity index (χ0) is 14.7. The average Bonchev–Trinajstić information content (AvgIpc) is 2.86. The van der Waals surface area contributed by atoms with Gasteiger partial charge in [0.05, 0.1) is 13.2 Å². The van der Waals surface area contributed by atoms with Crippen molar-refractivity contribution in [1.29, 1.82) is 0 Å². The van der Waals surface area contributed by atoms with Gasteiger partial charge in [-0.05, 0) is 12.5 Å². The first-order valence-electron chi connectivity index (χ1n) is 6.14. The van der Waals surface area contributed by atoms with Crippen molar-refractivity contribution in [3.05, 3.63) is 41.2 Å². The first kappa shape index (κ1) is 14.6. The van der Waals surface area contributed by atoms with Crippen LogP contribution in [0, 0.1) is 18.6 Å². The highest BCUT2D eigenvalue weighted by Crippen LogP contribution is 2.29. The van der Waals surface area contributed by atoms with Crippen molar-refractivity contribution in [2.75, 3.05) is 13.7 Å². The van der Waals surface area contributed by atoms with Crippen LogP contribution >= 0.6 is 0 Å². The summed E-state index contributed by atoms with van der Waals surface area (Å²) in [5.74, 6) is -1.90. The van der Waals surface area contributed by atoms with Crippen molar-refractivity contribution < 1.29 is 17.9 Å². The Labute approximate surface area is 115 Å². The molecule has 1 aromatic heterocycles. The van der Waals surface area contributed by atoms with Crippen LogP contribution in [0.4, 0.5) is 13.2 Å². The monoisotopic (exact) mass is 284 g/mol. The van der Waals surface area contributed by atoms with Gasteiger partial charge in [-0.1, -0.05) is 12.1 Å². The summed E-state index contributed by atoms with van der Waals surface area (Å²) in [5, 5.41) is 4.01. The third-order valence-corrected chi connectivity index (χ3v) is 3.05. The molecular weight excluding hydrogens is 269 g/mol. The Balaban J connectivity index is 2.46. The minimum Gasteiger partial charge on any atom is -0.383 e. The summed E-state index contributed by atoms with van der Waals surface area (Å²) in [5.41, 5.74) is 0.576. The Bertz CT molecular complexity index is 611. The Hall–Kier alpha value is -1.82. The maximum absolute atomic E-state index is 14.0. The normalized spacial score (nSPS) is 11.1. The van der Waals surface area contributed by atoms with Gasteiger partial charge in [-0.25, -0.2) is 13.2 Å². The van der Waals surface area contributed by atoms with Gasteiger partial charge in [-0.15, -0.1) is 0 Å². The molecule has 0 fully saturated rings. The molecule has 0 aliphatic heterocycles. The van der Waals surface area contributed by atoms with Crippen LogP contribution in [0.5, 0.6) is 0 Å². The molecule has 1 heterocycles. The van der Waals surface area contributed by atoms with E-state index in [9.17, 15) is 13.2 Å². The van der Waals surface area contributed by atoms with Crippen molar-refractivity contribution in [1.82, 2.24) is 9.78 Å². The van der Waals surface area contributed by atoms with Crippen LogP contribution in [0.1, 0.15) is 11.3 Å². The van der Waals surface area contributed by atoms with E-state index >= 15 is 0 Å². The second-order valence-corrected chi connectivity index (χ2v) is 4.44. The fraction of sp³-hybridized carbons (Fsp3) is 0.357. The second-order valence-electron chi connectivity index (χ2n) is 4.44. The van der Waals surface area contributed by atoms with E-state index in [4.69, 9.17) is 4.74 Å². The molecule has 0 amide bonds. The summed E-state index contributed by atoms with van der Waals surface area (Å²) in [7, 11) is 1.54. The summed E-state index contributed by atoms with van der Waals surface area (Å²) in [6, 6.07) is 2.90. The highest BCUT2D eigenvalue weighted by atomic mass is 19.2. The maximum Gasteiger partial charge on any atom is 0.167 e. The quantitative estimate of drug-likeness (QED) is 0.842. The predicted octanol–water partition coefficient (Wildman–Crippen LogP) is 3.25. The fourth-order valence-electron chi connectivity index (χ4n) is 1.94. The highest BCUT2D eigenvalue weighted by Gasteiger charge is 2.18. The van der Waals surface area contributed by atoms with Crippen LogP contribution in [-0.4, -0.2) is 23.5 Å². The molecular formula is C14H15F3N2O. The third-order valence-electron chi connectivity index (χ3n) is 3.05. The molecule has 0 radical (unpaired) electrons. The van der Waals surface area contributed by atoms with E-state index in [1.54, 1.807) is 0 Å². The molecule has 0 unspecified atom stereocenters. The average molecular weight is 284 g/mol. The van der Waals surface area contributed by atoms with Crippen molar-refractivity contribution >= 4 is 0 Å². The molecule has 20 heavy (non-hydrogen) atoms. The van der Waals surface area contributed by atoms with Gasteiger partial charge in [-0.2, -0.15) is 5.10 Å². The van der Waals surface area contributed by atoms with Crippen LogP contribution in [0.25, 0.3) is 11.1 Å². The smallest absolute Gasteiger partial charge is 0.167 e. The lowest BCUT2D eigenvalue weighted by Crippen LogP contribution is -2.04. The molecule has 0 aliphatic carbocycles. The van der Waals surface area contributed by atoms with Gasteiger partial charge in [0.1, 0.15) is 12.4 Å². The number of hydrogen-bond acceptors (Lipinski definition) is 2. The van der Waals surface area contributed by atoms with Crippen LogP contribution in [0.2, 0.25) is 0 Å². The lowest BCUT2D eigenvalue weighted by atomic mass is 10.0. The molecule has 0 N–H and O–H groups in total. The summed E-state index contributed by atoms with van der Waals surface area (Å²) >= 11 is 0. The number of alkyl halides is 1. The number of rotatable bonds is 5. The van der Waals surface area contributed by atoms with Gasteiger partial charge in [0.15, 0.2) is 11.6 Å². The highest BCUT2D eigenvalue weighted by molar-refractivity contribution is 5.66. The molecule has 6 heteroatoms. The van der Waals surface area contributed by atoms with E-state index < -0.39 is 18.3 Å². The molecule has 0 spiro atoms. The molecule has 108 valence electrons. The van der Waals surface area contributed by atoms with E-state index in [0.29, 0.717) is 13.2 Å². The second kappa shape index (κ2) is 6.09. The lowest BCUT2D eigenvalue weighted by Gasteiger charge is -2.05. The predicted molar refractivity (Wildman–Crippen MR) is 69.0 cm³/mol. The van der Waals surface area contributed by atoms with Gasteiger partial charge in [0.25, 0.3) is 0 Å². The largest absolute Gasteiger partial charge is 0.383 e. The van der Waals surface area contributed by atoms with Crippen LogP contribution in [0.3, 0.4) is 0 Å². The first-order valence-corrected chi connectivity index (χ1v) is 6.14. The van der Waals surface area contributed by atoms with Crippen LogP contribution in [0.15, 0.2) is 18.3 Å². The van der Waals surface area contributed by atoms with Crippen molar-refractivity contribution in [2.24, 2.45) is 0 Å². The Kier molecular flexibility index (Phi) is 4.44. The topological polar surface area (TPSA) is 27.1 Å². The number of benzene rings is 1. The summed E-state index contributed by atoms with van der Waals surface area (Å²) in [4.78, 5) is 0. The third kappa shape index (κ3) is 2.70. The van der Waals surface area contributed by atoms with Crippen molar-refractivity contribution in [3.63, 3.8) is 0 Å². The summed E-state index contributed by atoms with van der Waals surface area (Å²) in [6.45, 7) is 1.45. The van der Waals surface area contributed by atoms with E-state index in [0.717, 1.165) is 0 Å². The summed E-state index contributed by atoms with van der Waals surface area (Å²) < 4.78 is 46.9. The van der Waals surface area contributed by atoms with E-state index in [2.05, 4.69) is 5.10 Å². The maximum atomic E-state index is 14.0. The van der Waals surface area contributed by atoms with Gasteiger partial charge < -0.3 is 4.74 Å². The van der Waals surface area contributed by atoms with Crippen molar-refractivity contribution in [3.8, 4) is 11.1 Å². The van der Waals surface area contributed by atoms with E-state index in [1.165, 1.54) is 37.0 Å². The minimum absolute atomic E-state index is 0.0180. The Morgan fingerprint density at radius 3 is 2.60 bits per heavy atom. The number of halogens is 3. The van der Waals surface area contributed by atoms with Crippen LogP contribution < -0.4 is 0 Å². The zero-order valence-corrected chi connectivity index (χ0v) is 11.3. The SMILES string of the molecule is COCCn1cc(-c2ccc(C)c(F)c2F)c(CF)n1. The Morgan fingerprint density at radius 1 is 1.20 bits per heavy atom. The molecule has 0 saturated carbocycles. The summed E-state index contributed by atoms with van der Waals surface area (Å²) in [6.07, 6.45) is 1.50. The van der Waals surface area contributed by atoms with Gasteiger partial charge in [0, 0.05) is 24.4 Å². The molecule has 0 saturated heterocycles. The lowest BCUT2D eigenvalue weighted by molar-refractivity contribution is 0.183. The van der Waals surface area contributed by atoms with Gasteiger partial charge >= 0.3 is 0 Å². The standard InChI is InChI=1S/C14H15F3N2O/c1-9-3-4-10(14(17)13(9)16)11-8-19(5-6-20-2)18-12(11)7-15/h3-4,8H,5-7H2,1-2H3. The fourth-order valence-corrected chi connectivity index (χ4v) is 1.94. The van der Waals surface area contributed by atoms with Crippen molar-refractivity contribution in [2.45, 2.75) is 20.1 Å². The number of aryl methyl sites for hydroxylation is 1. The molecule has 0 atom stereocenters. The van der Waals surface area contributed by atoms with E-state index in [1.807, 2.05) is 0 Å². The number of nitrogens with zero attached hydrogens (tertiary/aromatic N) is 2. The van der Waals surface area contributed by atoms with Gasteiger partial charge in [0.2, 0.25) is 0 Å². The number of aromatic nitrogens is 2. The molecule has 0 bridgehead atoms. The molecule has 3 nitrogen and oxygen atoms in total.